The van der Waals surface area contributed by atoms with Crippen LogP contribution in [0.1, 0.15) is 85.5 Å². The van der Waals surface area contributed by atoms with Crippen LogP contribution in [0.2, 0.25) is 0 Å². The van der Waals surface area contributed by atoms with E-state index in [1.165, 1.54) is 85.2 Å². The van der Waals surface area contributed by atoms with Crippen LogP contribution in [0.25, 0.3) is 0 Å². The van der Waals surface area contributed by atoms with Gasteiger partial charge in [0, 0.05) is 32.1 Å². The van der Waals surface area contributed by atoms with Crippen LogP contribution < -0.4 is 10.1 Å². The fraction of sp³-hybridized carbons (Fsp3) is 0.659. The summed E-state index contributed by atoms with van der Waals surface area (Å²) in [5, 5.41) is 37.8. The third-order valence-electron chi connectivity index (χ3n) is 12.3. The molecular weight excluding hydrogens is 819 g/mol. The molecule has 11 atom stereocenters. The van der Waals surface area contributed by atoms with E-state index < -0.39 is 131 Å². The van der Waals surface area contributed by atoms with Crippen molar-refractivity contribution in [3.8, 4) is 5.75 Å². The maximum Gasteiger partial charge on any atom is 0.411 e. The van der Waals surface area contributed by atoms with Gasteiger partial charge in [0.25, 0.3) is 0 Å². The van der Waals surface area contributed by atoms with E-state index in [1.54, 1.807) is 0 Å². The predicted octanol–water partition coefficient (Wildman–Crippen LogP) is 3.03. The Bertz CT molecular complexity index is 1990. The molecule has 2 saturated carbocycles. The Morgan fingerprint density at radius 1 is 1.00 bits per heavy atom. The molecule has 4 N–H and O–H groups in total. The molecule has 1 saturated heterocycles. The van der Waals surface area contributed by atoms with Crippen molar-refractivity contribution in [2.75, 3.05) is 13.7 Å². The molecule has 0 spiro atoms. The highest BCUT2D eigenvalue weighted by Crippen LogP contribution is 2.64. The number of Topliss-reactive ketones (excluding diaryl/α,β-unsaturated/α-hetero) is 1. The van der Waals surface area contributed by atoms with E-state index in [0.717, 1.165) is 13.8 Å². The van der Waals surface area contributed by atoms with Gasteiger partial charge in [0.05, 0.1) is 36.7 Å². The number of nitrogens with one attached hydrogen (secondary N) is 1. The number of fused-ring (bicyclic) bond motifs is 5. The summed E-state index contributed by atoms with van der Waals surface area (Å²) >= 11 is 0. The second kappa shape index (κ2) is 16.2. The van der Waals surface area contributed by atoms with Gasteiger partial charge in [0.15, 0.2) is 29.6 Å². The maximum absolute atomic E-state index is 15.3. The Morgan fingerprint density at radius 2 is 1.64 bits per heavy atom. The van der Waals surface area contributed by atoms with Crippen LogP contribution in [0, 0.1) is 16.7 Å². The van der Waals surface area contributed by atoms with Gasteiger partial charge in [0.1, 0.15) is 35.3 Å². The van der Waals surface area contributed by atoms with Crippen molar-refractivity contribution in [2.45, 2.75) is 141 Å². The number of benzene rings is 1. The lowest BCUT2D eigenvalue weighted by Crippen LogP contribution is -2.82. The first-order valence-corrected chi connectivity index (χ1v) is 19.4. The Hall–Kier alpha value is -4.79. The van der Waals surface area contributed by atoms with Gasteiger partial charge in [-0.25, -0.2) is 14.4 Å². The average Bonchev–Trinajstić information content (AvgIpc) is 3.13. The highest BCUT2D eigenvalue weighted by molar-refractivity contribution is 5.95. The fourth-order valence-electron chi connectivity index (χ4n) is 9.31. The van der Waals surface area contributed by atoms with E-state index in [2.05, 4.69) is 0 Å². The molecular formula is C41H52F3NO16. The van der Waals surface area contributed by atoms with Crippen molar-refractivity contribution < 1.29 is 90.4 Å². The molecule has 0 aromatic heterocycles. The predicted molar refractivity (Wildman–Crippen MR) is 200 cm³/mol. The zero-order valence-electron chi connectivity index (χ0n) is 35.3. The quantitative estimate of drug-likeness (QED) is 0.158. The van der Waals surface area contributed by atoms with Crippen LogP contribution in [0.4, 0.5) is 18.0 Å². The van der Waals surface area contributed by atoms with Crippen LogP contribution >= 0.6 is 0 Å². The number of halogens is 3. The van der Waals surface area contributed by atoms with Gasteiger partial charge >= 0.3 is 36.1 Å². The SMILES string of the molecule is COc1cccc(C(=O)O[C@H]2[C@@H]3[C@]4(OC(C)=O)CO[C@@H]4C[C@H](O)[C@@]3(C)C(=O)[C@H](OC(C)=O)C3=C(C)[C@@H](OC(=O)[C@H](O)[C@@H](NC(=O)OC(C)(C)C)C(F)(F)F)C[C@]2(O)C3(C)C)c1. The second-order valence-corrected chi connectivity index (χ2v) is 17.7. The molecule has 17 nitrogen and oxygen atoms in total. The lowest BCUT2D eigenvalue weighted by molar-refractivity contribution is -0.346. The summed E-state index contributed by atoms with van der Waals surface area (Å²) < 4.78 is 82.4. The summed E-state index contributed by atoms with van der Waals surface area (Å²) in [6.07, 6.45) is -20.1. The number of alkyl halides is 3. The number of hydrogen-bond donors (Lipinski definition) is 4. The summed E-state index contributed by atoms with van der Waals surface area (Å²) in [6.45, 7) is 11.1. The number of hydrogen-bond acceptors (Lipinski definition) is 16. The minimum absolute atomic E-state index is 0.122. The van der Waals surface area contributed by atoms with Crippen molar-refractivity contribution in [2.24, 2.45) is 16.7 Å². The number of alkyl carbamates (subject to hydrolysis) is 1. The number of carbonyl (C=O) groups excluding carboxylic acids is 6. The average molecular weight is 872 g/mol. The van der Waals surface area contributed by atoms with Gasteiger partial charge in [-0.1, -0.05) is 19.9 Å². The molecule has 20 heteroatoms. The van der Waals surface area contributed by atoms with E-state index in [-0.39, 0.29) is 28.9 Å². The lowest BCUT2D eigenvalue weighted by Gasteiger charge is -2.67. The smallest absolute Gasteiger partial charge is 0.411 e. The van der Waals surface area contributed by atoms with Gasteiger partial charge in [-0.3, -0.25) is 14.4 Å². The van der Waals surface area contributed by atoms with Crippen LogP contribution in [0.5, 0.6) is 5.75 Å². The van der Waals surface area contributed by atoms with Crippen LogP contribution in [-0.4, -0.2) is 130 Å². The van der Waals surface area contributed by atoms with E-state index in [4.69, 9.17) is 33.2 Å². The topological polar surface area (TPSA) is 240 Å². The molecule has 4 aliphatic rings. The third-order valence-corrected chi connectivity index (χ3v) is 12.3. The van der Waals surface area contributed by atoms with Crippen molar-refractivity contribution in [3.63, 3.8) is 0 Å². The van der Waals surface area contributed by atoms with Gasteiger partial charge in [-0.2, -0.15) is 13.2 Å². The monoisotopic (exact) mass is 871 g/mol. The van der Waals surface area contributed by atoms with Gasteiger partial charge < -0.3 is 53.8 Å². The second-order valence-electron chi connectivity index (χ2n) is 17.7. The van der Waals surface area contributed by atoms with Crippen molar-refractivity contribution in [1.29, 1.82) is 0 Å². The van der Waals surface area contributed by atoms with Crippen LogP contribution in [-0.2, 0) is 47.6 Å². The number of carbonyl (C=O) groups is 6. The molecule has 5 rings (SSSR count). The Balaban J connectivity index is 1.75. The molecule has 1 aliphatic heterocycles. The van der Waals surface area contributed by atoms with E-state index in [1.807, 2.05) is 0 Å². The highest BCUT2D eigenvalue weighted by Gasteiger charge is 2.78. The Kier molecular flexibility index (Phi) is 12.5. The minimum Gasteiger partial charge on any atom is -0.497 e. The molecule has 1 heterocycles. The number of methoxy groups -OCH3 is 1. The zero-order chi connectivity index (χ0) is 46.0. The van der Waals surface area contributed by atoms with Crippen LogP contribution in [0.3, 0.4) is 0 Å². The molecule has 1 aromatic rings. The molecule has 1 aromatic carbocycles. The standard InChI is InChI=1S/C41H52F3NO16/c1-18-23(58-34(52)27(49)30(41(42,43)44)45-35(53)61-36(4,5)6)16-40(54)32(59-33(51)21-12-11-13-22(14-21)55-10)29-38(9,24(48)15-25-39(29,17-56-25)60-20(3)47)31(50)28(57-19(2)46)26(18)37(40,7)8/h11-14,23-25,27-30,32,48-49,54H,15-17H2,1-10H3,(H,45,53)/t23-,24-,25+,27+,28+,29-,30+,32-,38+,39-,40+/m0/s1. The normalized spacial score (nSPS) is 32.8. The summed E-state index contributed by atoms with van der Waals surface area (Å²) in [4.78, 5) is 81.5. The molecule has 0 unspecified atom stereocenters. The first-order chi connectivity index (χ1) is 28.0. The summed E-state index contributed by atoms with van der Waals surface area (Å²) in [5.74, 6) is -7.52. The lowest BCUT2D eigenvalue weighted by atomic mass is 9.44. The minimum atomic E-state index is -5.45. The fourth-order valence-corrected chi connectivity index (χ4v) is 9.31. The summed E-state index contributed by atoms with van der Waals surface area (Å²) in [5.41, 5.74) is -10.4. The first kappa shape index (κ1) is 47.3. The number of aliphatic hydroxyl groups is 3. The number of ketones is 1. The number of ether oxygens (including phenoxy) is 7. The number of esters is 4. The largest absolute Gasteiger partial charge is 0.497 e. The number of rotatable bonds is 9. The third kappa shape index (κ3) is 8.30. The Morgan fingerprint density at radius 3 is 2.16 bits per heavy atom. The van der Waals surface area contributed by atoms with Gasteiger partial charge in [0.2, 0.25) is 0 Å². The zero-order valence-corrected chi connectivity index (χ0v) is 35.3. The summed E-state index contributed by atoms with van der Waals surface area (Å²) in [6, 6.07) is 2.37. The first-order valence-electron chi connectivity index (χ1n) is 19.4. The summed E-state index contributed by atoms with van der Waals surface area (Å²) in [7, 11) is 1.34. The van der Waals surface area contributed by atoms with Gasteiger partial charge in [-0.05, 0) is 64.0 Å². The molecule has 3 aliphatic carbocycles. The highest BCUT2D eigenvalue weighted by atomic mass is 19.4. The molecule has 0 radical (unpaired) electrons. The number of aliphatic hydroxyl groups excluding tert-OH is 2. The molecule has 2 bridgehead atoms. The van der Waals surface area contributed by atoms with Crippen LogP contribution in [0.15, 0.2) is 35.4 Å². The maximum atomic E-state index is 15.3. The van der Waals surface area contributed by atoms with Crippen molar-refractivity contribution in [3.05, 3.63) is 41.0 Å². The van der Waals surface area contributed by atoms with Crippen molar-refractivity contribution >= 4 is 35.8 Å². The van der Waals surface area contributed by atoms with Gasteiger partial charge in [-0.15, -0.1) is 0 Å². The van der Waals surface area contributed by atoms with Crippen molar-refractivity contribution in [1.82, 2.24) is 5.32 Å². The number of amides is 1. The molecule has 3 fully saturated rings. The molecule has 1 amide bonds. The Labute approximate surface area is 349 Å². The molecule has 61 heavy (non-hydrogen) atoms. The van der Waals surface area contributed by atoms with E-state index in [9.17, 15) is 52.5 Å². The van der Waals surface area contributed by atoms with E-state index in [0.29, 0.717) is 0 Å². The van der Waals surface area contributed by atoms with E-state index >= 15 is 4.79 Å². The molecule has 338 valence electrons.